The predicted molar refractivity (Wildman–Crippen MR) is 68.8 cm³/mol. The lowest BCUT2D eigenvalue weighted by Gasteiger charge is -2.11. The normalized spacial score (nSPS) is 12.8. The molecule has 1 aromatic carbocycles. The predicted octanol–water partition coefficient (Wildman–Crippen LogP) is 0.829. The molecule has 1 aromatic rings. The van der Waals surface area contributed by atoms with Crippen LogP contribution in [-0.2, 0) is 15.6 Å². The van der Waals surface area contributed by atoms with E-state index in [1.807, 2.05) is 6.07 Å². The van der Waals surface area contributed by atoms with Crippen molar-refractivity contribution in [2.45, 2.75) is 18.7 Å². The molecule has 2 N–H and O–H groups in total. The molecule has 1 atom stereocenters. The molecule has 0 aromatic heterocycles. The molecule has 0 radical (unpaired) electrons. The lowest BCUT2D eigenvalue weighted by atomic mass is 10.1. The number of hydrogen-bond acceptors (Lipinski definition) is 5. The molecular formula is C12H16N2O3S. The summed E-state index contributed by atoms with van der Waals surface area (Å²) < 4.78 is 28.8. The number of methoxy groups -OCH3 is 1. The fourth-order valence-electron chi connectivity index (χ4n) is 1.66. The van der Waals surface area contributed by atoms with Gasteiger partial charge < -0.3 is 10.5 Å². The number of hydrogen-bond donors (Lipinski definition) is 1. The summed E-state index contributed by atoms with van der Waals surface area (Å²) >= 11 is 0. The Hall–Kier alpha value is -1.58. The van der Waals surface area contributed by atoms with E-state index in [2.05, 4.69) is 0 Å². The largest absolute Gasteiger partial charge is 0.496 e. The Labute approximate surface area is 107 Å². The van der Waals surface area contributed by atoms with Crippen LogP contribution < -0.4 is 10.5 Å². The van der Waals surface area contributed by atoms with Crippen molar-refractivity contribution >= 4 is 9.84 Å². The van der Waals surface area contributed by atoms with E-state index in [0.717, 1.165) is 0 Å². The number of rotatable bonds is 5. The van der Waals surface area contributed by atoms with E-state index in [0.29, 0.717) is 16.9 Å². The van der Waals surface area contributed by atoms with Crippen LogP contribution in [0.3, 0.4) is 0 Å². The molecule has 0 aliphatic carbocycles. The number of sulfone groups is 1. The third kappa shape index (κ3) is 4.02. The van der Waals surface area contributed by atoms with Gasteiger partial charge in [-0.1, -0.05) is 0 Å². The SMILES string of the molecule is COc1ccc(C#N)cc1CS(=O)(=O)CC(C)N. The standard InChI is InChI=1S/C12H16N2O3S/c1-9(14)7-18(15,16)8-11-5-10(6-13)3-4-12(11)17-2/h3-5,9H,7-8,14H2,1-2H3. The van der Waals surface area contributed by atoms with Crippen molar-refractivity contribution in [2.75, 3.05) is 12.9 Å². The van der Waals surface area contributed by atoms with Crippen molar-refractivity contribution in [2.24, 2.45) is 5.73 Å². The van der Waals surface area contributed by atoms with Gasteiger partial charge in [-0.15, -0.1) is 0 Å². The van der Waals surface area contributed by atoms with Gasteiger partial charge in [-0.2, -0.15) is 5.26 Å². The second kappa shape index (κ2) is 5.85. The van der Waals surface area contributed by atoms with Crippen molar-refractivity contribution in [1.82, 2.24) is 0 Å². The van der Waals surface area contributed by atoms with Crippen LogP contribution in [0.5, 0.6) is 5.75 Å². The quantitative estimate of drug-likeness (QED) is 0.853. The first-order chi connectivity index (χ1) is 8.38. The van der Waals surface area contributed by atoms with Gasteiger partial charge in [0.15, 0.2) is 9.84 Å². The zero-order valence-electron chi connectivity index (χ0n) is 10.4. The first-order valence-electron chi connectivity index (χ1n) is 5.41. The van der Waals surface area contributed by atoms with Crippen LogP contribution in [0.25, 0.3) is 0 Å². The van der Waals surface area contributed by atoms with Gasteiger partial charge in [0.2, 0.25) is 0 Å². The van der Waals surface area contributed by atoms with Crippen molar-refractivity contribution in [3.05, 3.63) is 29.3 Å². The summed E-state index contributed by atoms with van der Waals surface area (Å²) in [6.07, 6.45) is 0. The van der Waals surface area contributed by atoms with Crippen LogP contribution in [-0.4, -0.2) is 27.3 Å². The van der Waals surface area contributed by atoms with Gasteiger partial charge in [0.05, 0.1) is 30.2 Å². The van der Waals surface area contributed by atoms with Crippen molar-refractivity contribution in [1.29, 1.82) is 5.26 Å². The third-order valence-corrected chi connectivity index (χ3v) is 4.09. The summed E-state index contributed by atoms with van der Waals surface area (Å²) in [6.45, 7) is 1.64. The Morgan fingerprint density at radius 3 is 2.67 bits per heavy atom. The van der Waals surface area contributed by atoms with E-state index in [9.17, 15) is 8.42 Å². The molecule has 6 heteroatoms. The second-order valence-electron chi connectivity index (χ2n) is 4.17. The van der Waals surface area contributed by atoms with Crippen LogP contribution in [0.1, 0.15) is 18.1 Å². The van der Waals surface area contributed by atoms with Crippen molar-refractivity contribution in [3.63, 3.8) is 0 Å². The molecule has 0 saturated carbocycles. The molecule has 5 nitrogen and oxygen atoms in total. The molecule has 0 amide bonds. The smallest absolute Gasteiger partial charge is 0.156 e. The molecule has 0 aliphatic heterocycles. The number of ether oxygens (including phenoxy) is 1. The highest BCUT2D eigenvalue weighted by Crippen LogP contribution is 2.22. The molecule has 0 fully saturated rings. The molecular weight excluding hydrogens is 252 g/mol. The van der Waals surface area contributed by atoms with E-state index >= 15 is 0 Å². The third-order valence-electron chi connectivity index (χ3n) is 2.30. The van der Waals surface area contributed by atoms with Crippen LogP contribution in [0, 0.1) is 11.3 Å². The van der Waals surface area contributed by atoms with E-state index in [1.54, 1.807) is 19.1 Å². The van der Waals surface area contributed by atoms with E-state index in [-0.39, 0.29) is 11.5 Å². The highest BCUT2D eigenvalue weighted by atomic mass is 32.2. The maximum atomic E-state index is 11.9. The maximum absolute atomic E-state index is 11.9. The Kier molecular flexibility index (Phi) is 4.70. The Balaban J connectivity index is 3.06. The van der Waals surface area contributed by atoms with Gasteiger partial charge in [-0.3, -0.25) is 0 Å². The topological polar surface area (TPSA) is 93.2 Å². The number of benzene rings is 1. The van der Waals surface area contributed by atoms with E-state index in [4.69, 9.17) is 15.7 Å². The minimum Gasteiger partial charge on any atom is -0.496 e. The van der Waals surface area contributed by atoms with E-state index in [1.165, 1.54) is 13.2 Å². The summed E-state index contributed by atoms with van der Waals surface area (Å²) in [5, 5.41) is 8.81. The average molecular weight is 268 g/mol. The second-order valence-corrected chi connectivity index (χ2v) is 6.28. The van der Waals surface area contributed by atoms with Gasteiger partial charge >= 0.3 is 0 Å². The van der Waals surface area contributed by atoms with Gasteiger partial charge in [0, 0.05) is 11.6 Å². The molecule has 0 saturated heterocycles. The fourth-order valence-corrected chi connectivity index (χ4v) is 3.28. The average Bonchev–Trinajstić information content (AvgIpc) is 2.26. The van der Waals surface area contributed by atoms with Gasteiger partial charge in [0.25, 0.3) is 0 Å². The molecule has 0 bridgehead atoms. The fraction of sp³-hybridized carbons (Fsp3) is 0.417. The highest BCUT2D eigenvalue weighted by molar-refractivity contribution is 7.90. The lowest BCUT2D eigenvalue weighted by molar-refractivity contribution is 0.411. The number of nitriles is 1. The molecule has 0 aliphatic rings. The molecule has 1 rings (SSSR count). The van der Waals surface area contributed by atoms with Crippen LogP contribution >= 0.6 is 0 Å². The Morgan fingerprint density at radius 2 is 2.17 bits per heavy atom. The summed E-state index contributed by atoms with van der Waals surface area (Å²) in [6, 6.07) is 6.26. The summed E-state index contributed by atoms with van der Waals surface area (Å²) in [7, 11) is -1.84. The van der Waals surface area contributed by atoms with Crippen molar-refractivity contribution < 1.29 is 13.2 Å². The maximum Gasteiger partial charge on any atom is 0.156 e. The van der Waals surface area contributed by atoms with Gasteiger partial charge in [-0.05, 0) is 25.1 Å². The first kappa shape index (κ1) is 14.5. The Bertz CT molecular complexity index is 559. The molecule has 1 unspecified atom stereocenters. The minimum atomic E-state index is -3.31. The number of nitrogens with zero attached hydrogens (tertiary/aromatic N) is 1. The summed E-state index contributed by atoms with van der Waals surface area (Å²) in [5.74, 6) is 0.197. The summed E-state index contributed by atoms with van der Waals surface area (Å²) in [4.78, 5) is 0. The minimum absolute atomic E-state index is 0.0903. The van der Waals surface area contributed by atoms with Crippen molar-refractivity contribution in [3.8, 4) is 11.8 Å². The summed E-state index contributed by atoms with van der Waals surface area (Å²) in [5.41, 5.74) is 6.38. The van der Waals surface area contributed by atoms with Crippen LogP contribution in [0.4, 0.5) is 0 Å². The first-order valence-corrected chi connectivity index (χ1v) is 7.23. The molecule has 0 heterocycles. The van der Waals surface area contributed by atoms with Gasteiger partial charge in [-0.25, -0.2) is 8.42 Å². The van der Waals surface area contributed by atoms with Crippen LogP contribution in [0.2, 0.25) is 0 Å². The molecule has 98 valence electrons. The lowest BCUT2D eigenvalue weighted by Crippen LogP contribution is -2.27. The number of nitrogens with two attached hydrogens (primary N) is 1. The zero-order valence-corrected chi connectivity index (χ0v) is 11.2. The zero-order chi connectivity index (χ0) is 13.8. The van der Waals surface area contributed by atoms with Gasteiger partial charge in [0.1, 0.15) is 5.75 Å². The molecule has 18 heavy (non-hydrogen) atoms. The molecule has 0 spiro atoms. The monoisotopic (exact) mass is 268 g/mol. The highest BCUT2D eigenvalue weighted by Gasteiger charge is 2.17. The van der Waals surface area contributed by atoms with E-state index < -0.39 is 15.9 Å². The Morgan fingerprint density at radius 1 is 1.50 bits per heavy atom. The van der Waals surface area contributed by atoms with Crippen LogP contribution in [0.15, 0.2) is 18.2 Å².